The van der Waals surface area contributed by atoms with Crippen molar-refractivity contribution in [1.29, 1.82) is 0 Å². The van der Waals surface area contributed by atoms with Gasteiger partial charge in [-0.2, -0.15) is 0 Å². The van der Waals surface area contributed by atoms with Gasteiger partial charge < -0.3 is 4.42 Å². The van der Waals surface area contributed by atoms with E-state index in [9.17, 15) is 0 Å². The average Bonchev–Trinajstić information content (AvgIpc) is 3.82. The van der Waals surface area contributed by atoms with Crippen LogP contribution in [0.15, 0.2) is 186 Å². The number of hydrogen-bond donors (Lipinski definition) is 0. The molecule has 0 radical (unpaired) electrons. The van der Waals surface area contributed by atoms with E-state index in [1.165, 1.54) is 43.3 Å². The first-order valence-corrected chi connectivity index (χ1v) is 19.0. The quantitative estimate of drug-likeness (QED) is 0.179. The molecule has 252 valence electrons. The molecule has 0 aliphatic rings. The summed E-state index contributed by atoms with van der Waals surface area (Å²) in [6.07, 6.45) is 0. The summed E-state index contributed by atoms with van der Waals surface area (Å²) in [7, 11) is 0. The Bertz CT molecular complexity index is 3200. The van der Waals surface area contributed by atoms with Gasteiger partial charge in [0.1, 0.15) is 11.2 Å². The number of furan rings is 1. The Morgan fingerprint density at radius 1 is 0.389 bits per heavy atom. The fraction of sp³-hybridized carbons (Fsp3) is 0. The van der Waals surface area contributed by atoms with Crippen molar-refractivity contribution in [3.8, 4) is 56.0 Å². The van der Waals surface area contributed by atoms with Gasteiger partial charge in [-0.3, -0.25) is 0 Å². The van der Waals surface area contributed by atoms with Crippen molar-refractivity contribution in [2.45, 2.75) is 0 Å². The third-order valence-electron chi connectivity index (χ3n) is 10.5. The molecule has 3 aromatic heterocycles. The molecule has 0 unspecified atom stereocenters. The molecule has 8 aromatic carbocycles. The second kappa shape index (κ2) is 12.4. The standard InChI is InChI=1S/C50H30N2OS/c1-3-12-31(13-4-1)32-22-24-34(25-23-32)47-49-48(40-18-9-10-21-45(40)54-49)52-50(51-47)41-19-11-20-44-46(41)42-30-35(26-29-43(42)53-44)37-28-27-36(33-14-5-2-6-15-33)38-16-7-8-17-39(37)38/h1-30H. The third-order valence-corrected chi connectivity index (χ3v) is 11.7. The number of hydrogen-bond acceptors (Lipinski definition) is 4. The Labute approximate surface area is 315 Å². The van der Waals surface area contributed by atoms with E-state index < -0.39 is 0 Å². The lowest BCUT2D eigenvalue weighted by Gasteiger charge is -2.12. The van der Waals surface area contributed by atoms with Crippen molar-refractivity contribution < 1.29 is 4.42 Å². The van der Waals surface area contributed by atoms with E-state index in [-0.39, 0.29) is 0 Å². The van der Waals surface area contributed by atoms with Crippen LogP contribution in [-0.4, -0.2) is 9.97 Å². The Balaban J connectivity index is 1.11. The van der Waals surface area contributed by atoms with E-state index >= 15 is 0 Å². The van der Waals surface area contributed by atoms with Gasteiger partial charge in [0.15, 0.2) is 5.82 Å². The monoisotopic (exact) mass is 706 g/mol. The van der Waals surface area contributed by atoms with Crippen LogP contribution < -0.4 is 0 Å². The molecule has 3 nitrogen and oxygen atoms in total. The van der Waals surface area contributed by atoms with Gasteiger partial charge in [0, 0.05) is 32.0 Å². The molecule has 4 heteroatoms. The van der Waals surface area contributed by atoms with Gasteiger partial charge in [-0.05, 0) is 68.4 Å². The Kier molecular flexibility index (Phi) is 7.04. The second-order valence-corrected chi connectivity index (χ2v) is 14.7. The maximum Gasteiger partial charge on any atom is 0.161 e. The molecule has 0 aliphatic heterocycles. The fourth-order valence-electron chi connectivity index (χ4n) is 7.96. The van der Waals surface area contributed by atoms with Crippen LogP contribution in [0.1, 0.15) is 0 Å². The maximum absolute atomic E-state index is 6.53. The highest BCUT2D eigenvalue weighted by atomic mass is 32.1. The highest BCUT2D eigenvalue weighted by molar-refractivity contribution is 7.26. The first kappa shape index (κ1) is 30.7. The van der Waals surface area contributed by atoms with Gasteiger partial charge in [0.25, 0.3) is 0 Å². The average molecular weight is 707 g/mol. The first-order valence-electron chi connectivity index (χ1n) is 18.2. The molecule has 0 spiro atoms. The van der Waals surface area contributed by atoms with E-state index in [0.29, 0.717) is 5.82 Å². The Hall–Kier alpha value is -6.88. The molecule has 3 heterocycles. The van der Waals surface area contributed by atoms with E-state index in [1.807, 2.05) is 18.2 Å². The molecule has 54 heavy (non-hydrogen) atoms. The van der Waals surface area contributed by atoms with Crippen molar-refractivity contribution in [2.75, 3.05) is 0 Å². The molecular formula is C50H30N2OS. The molecule has 0 atom stereocenters. The summed E-state index contributed by atoms with van der Waals surface area (Å²) in [5, 5.41) is 5.65. The Morgan fingerprint density at radius 3 is 1.76 bits per heavy atom. The summed E-state index contributed by atoms with van der Waals surface area (Å²) < 4.78 is 8.81. The SMILES string of the molecule is c1ccc(-c2ccc(-c3nc(-c4cccc5oc6ccc(-c7ccc(-c8ccccc8)c8ccccc78)cc6c45)nc4c3sc3ccccc34)cc2)cc1. The van der Waals surface area contributed by atoms with Gasteiger partial charge in [-0.25, -0.2) is 9.97 Å². The number of aromatic nitrogens is 2. The zero-order valence-electron chi connectivity index (χ0n) is 29.0. The topological polar surface area (TPSA) is 38.9 Å². The molecule has 0 bridgehead atoms. The lowest BCUT2D eigenvalue weighted by atomic mass is 9.91. The second-order valence-electron chi connectivity index (χ2n) is 13.7. The zero-order chi connectivity index (χ0) is 35.6. The normalized spacial score (nSPS) is 11.7. The summed E-state index contributed by atoms with van der Waals surface area (Å²) in [4.78, 5) is 10.7. The lowest BCUT2D eigenvalue weighted by Crippen LogP contribution is -1.94. The minimum Gasteiger partial charge on any atom is -0.456 e. The summed E-state index contributed by atoms with van der Waals surface area (Å²) in [5.74, 6) is 0.685. The molecule has 0 aliphatic carbocycles. The largest absolute Gasteiger partial charge is 0.456 e. The van der Waals surface area contributed by atoms with E-state index in [1.54, 1.807) is 11.3 Å². The van der Waals surface area contributed by atoms with Crippen LogP contribution in [0, 0.1) is 0 Å². The molecule has 0 saturated heterocycles. The summed E-state index contributed by atoms with van der Waals surface area (Å²) in [6.45, 7) is 0. The van der Waals surface area contributed by atoms with E-state index in [4.69, 9.17) is 14.4 Å². The van der Waals surface area contributed by atoms with Crippen molar-refractivity contribution >= 4 is 64.4 Å². The van der Waals surface area contributed by atoms with Crippen LogP contribution in [0.2, 0.25) is 0 Å². The van der Waals surface area contributed by atoms with Crippen molar-refractivity contribution in [1.82, 2.24) is 9.97 Å². The minimum atomic E-state index is 0.685. The van der Waals surface area contributed by atoms with Crippen LogP contribution in [-0.2, 0) is 0 Å². The molecule has 0 N–H and O–H groups in total. The lowest BCUT2D eigenvalue weighted by molar-refractivity contribution is 0.669. The highest BCUT2D eigenvalue weighted by Crippen LogP contribution is 2.43. The van der Waals surface area contributed by atoms with Crippen molar-refractivity contribution in [3.05, 3.63) is 182 Å². The summed E-state index contributed by atoms with van der Waals surface area (Å²) in [5.41, 5.74) is 12.7. The molecule has 11 rings (SSSR count). The number of fused-ring (bicyclic) bond motifs is 7. The molecule has 11 aromatic rings. The van der Waals surface area contributed by atoms with Crippen molar-refractivity contribution in [2.24, 2.45) is 0 Å². The number of benzene rings is 8. The van der Waals surface area contributed by atoms with Gasteiger partial charge in [0.2, 0.25) is 0 Å². The van der Waals surface area contributed by atoms with Crippen LogP contribution in [0.4, 0.5) is 0 Å². The smallest absolute Gasteiger partial charge is 0.161 e. The van der Waals surface area contributed by atoms with E-state index in [0.717, 1.165) is 59.9 Å². The molecule has 0 fully saturated rings. The predicted molar refractivity (Wildman–Crippen MR) is 227 cm³/mol. The van der Waals surface area contributed by atoms with Gasteiger partial charge in [-0.15, -0.1) is 11.3 Å². The van der Waals surface area contributed by atoms with E-state index in [2.05, 4.69) is 164 Å². The van der Waals surface area contributed by atoms with Crippen molar-refractivity contribution in [3.63, 3.8) is 0 Å². The summed E-state index contributed by atoms with van der Waals surface area (Å²) in [6, 6.07) is 64.3. The van der Waals surface area contributed by atoms with Gasteiger partial charge in [-0.1, -0.05) is 158 Å². The number of thiophene rings is 1. The third kappa shape index (κ3) is 4.96. The van der Waals surface area contributed by atoms with Crippen LogP contribution in [0.25, 0.3) is 109 Å². The fourth-order valence-corrected chi connectivity index (χ4v) is 9.11. The number of rotatable bonds is 5. The highest BCUT2D eigenvalue weighted by Gasteiger charge is 2.21. The predicted octanol–water partition coefficient (Wildman–Crippen LogP) is 14.2. The molecular weight excluding hydrogens is 677 g/mol. The first-order chi connectivity index (χ1) is 26.8. The number of nitrogens with zero attached hydrogens (tertiary/aromatic N) is 2. The van der Waals surface area contributed by atoms with Crippen LogP contribution >= 0.6 is 11.3 Å². The van der Waals surface area contributed by atoms with Gasteiger partial charge in [0.05, 0.1) is 15.9 Å². The maximum atomic E-state index is 6.53. The Morgan fingerprint density at radius 2 is 1.00 bits per heavy atom. The van der Waals surface area contributed by atoms with Crippen LogP contribution in [0.5, 0.6) is 0 Å². The molecule has 0 saturated carbocycles. The van der Waals surface area contributed by atoms with Crippen LogP contribution in [0.3, 0.4) is 0 Å². The molecule has 0 amide bonds. The van der Waals surface area contributed by atoms with Gasteiger partial charge >= 0.3 is 0 Å². The minimum absolute atomic E-state index is 0.685. The zero-order valence-corrected chi connectivity index (χ0v) is 29.8. The summed E-state index contributed by atoms with van der Waals surface area (Å²) >= 11 is 1.75.